The molecule has 10 rings (SSSR count). The number of phenolic OH excluding ortho intramolecular Hbond substituents is 2. The monoisotopic (exact) mass is 1100 g/mol. The minimum absolute atomic E-state index is 0.0322. The lowest BCUT2D eigenvalue weighted by molar-refractivity contribution is -0.132. The molecule has 4 amide bonds. The van der Waals surface area contributed by atoms with E-state index < -0.39 is 17.9 Å². The second-order valence-electron chi connectivity index (χ2n) is 20.2. The molecular formula is C57H65N15O9. The van der Waals surface area contributed by atoms with Crippen LogP contribution in [0.15, 0.2) is 95.2 Å². The molecule has 0 atom stereocenters. The van der Waals surface area contributed by atoms with Gasteiger partial charge in [-0.2, -0.15) is 0 Å². The van der Waals surface area contributed by atoms with E-state index in [0.717, 1.165) is 17.7 Å². The lowest BCUT2D eigenvalue weighted by Gasteiger charge is -2.35. The maximum absolute atomic E-state index is 13.7. The van der Waals surface area contributed by atoms with Gasteiger partial charge in [-0.3, -0.25) is 44.0 Å². The fourth-order valence-corrected chi connectivity index (χ4v) is 10.2. The summed E-state index contributed by atoms with van der Waals surface area (Å²) >= 11 is 0. The van der Waals surface area contributed by atoms with Crippen LogP contribution in [0.4, 0.5) is 16.4 Å². The summed E-state index contributed by atoms with van der Waals surface area (Å²) in [7, 11) is 1.55. The zero-order chi connectivity index (χ0) is 56.7. The van der Waals surface area contributed by atoms with Crippen molar-refractivity contribution in [2.45, 2.75) is 46.1 Å². The molecule has 0 unspecified atom stereocenters. The Morgan fingerprint density at radius 3 is 2.25 bits per heavy atom. The standard InChI is InChI=1S/C57H65N15O9/c1-5-59-54(77)52-66-65-51(42-30-41(35(2)3)43(73)31-44(42)74)72(52)39-13-11-36(12-14-39)34-68-22-24-69(25-23-68)47(75)29-37-9-6-7-10-45(37)81-57(78)70-26-20-67(21-27-70)18-8-28-80-46-16-15-40-48(49(46)79-4)63-56(71-19-17-60-50(40)71)64-53(76)38-32-61-55(58)62-33-38/h6-7,9-16,30-33,35,73-74H,5,8,17-29,34H2,1-4H3,(H,59,77)(H2,58,61,62)(H,63,64,76). The third-order valence-corrected chi connectivity index (χ3v) is 14.6. The summed E-state index contributed by atoms with van der Waals surface area (Å²) in [6.07, 6.45) is 3.03. The second-order valence-corrected chi connectivity index (χ2v) is 20.2. The number of rotatable bonds is 17. The van der Waals surface area contributed by atoms with Gasteiger partial charge in [-0.15, -0.1) is 10.2 Å². The van der Waals surface area contributed by atoms with Gasteiger partial charge in [-0.25, -0.2) is 19.8 Å². The summed E-state index contributed by atoms with van der Waals surface area (Å²) in [4.78, 5) is 80.8. The van der Waals surface area contributed by atoms with Crippen molar-refractivity contribution < 1.29 is 43.6 Å². The average Bonchev–Trinajstić information content (AvgIpc) is 4.16. The van der Waals surface area contributed by atoms with Gasteiger partial charge >= 0.3 is 6.09 Å². The molecule has 422 valence electrons. The number of hydrogen-bond donors (Lipinski definition) is 5. The van der Waals surface area contributed by atoms with Crippen molar-refractivity contribution in [2.24, 2.45) is 9.98 Å². The van der Waals surface area contributed by atoms with Crippen LogP contribution < -0.4 is 30.6 Å². The molecule has 4 aliphatic heterocycles. The molecule has 0 saturated carbocycles. The first-order chi connectivity index (χ1) is 39.3. The first-order valence-corrected chi connectivity index (χ1v) is 27.1. The van der Waals surface area contributed by atoms with Gasteiger partial charge in [-0.05, 0) is 66.8 Å². The van der Waals surface area contributed by atoms with Crippen LogP contribution in [0, 0.1) is 0 Å². The van der Waals surface area contributed by atoms with Gasteiger partial charge in [-0.1, -0.05) is 44.2 Å². The number of amidine groups is 1. The van der Waals surface area contributed by atoms with Crippen molar-refractivity contribution in [3.63, 3.8) is 0 Å². The molecule has 0 spiro atoms. The van der Waals surface area contributed by atoms with E-state index in [1.807, 2.05) is 79.1 Å². The molecule has 81 heavy (non-hydrogen) atoms. The lowest BCUT2D eigenvalue weighted by atomic mass is 9.98. The van der Waals surface area contributed by atoms with E-state index in [1.54, 1.807) is 34.8 Å². The fourth-order valence-electron chi connectivity index (χ4n) is 10.2. The number of carbonyl (C=O) groups excluding carboxylic acids is 4. The van der Waals surface area contributed by atoms with E-state index in [4.69, 9.17) is 24.9 Å². The zero-order valence-corrected chi connectivity index (χ0v) is 45.7. The zero-order valence-electron chi connectivity index (χ0n) is 45.7. The van der Waals surface area contributed by atoms with Crippen LogP contribution in [0.2, 0.25) is 0 Å². The molecule has 24 heteroatoms. The van der Waals surface area contributed by atoms with E-state index in [-0.39, 0.29) is 52.9 Å². The Labute approximate surface area is 467 Å². The van der Waals surface area contributed by atoms with Gasteiger partial charge in [0.15, 0.2) is 17.3 Å². The van der Waals surface area contributed by atoms with Crippen molar-refractivity contribution >= 4 is 47.2 Å². The van der Waals surface area contributed by atoms with Crippen LogP contribution in [-0.2, 0) is 17.8 Å². The number of aliphatic imine (C=N–C) groups is 2. The highest BCUT2D eigenvalue weighted by Crippen LogP contribution is 2.44. The second kappa shape index (κ2) is 24.5. The predicted octanol–water partition coefficient (Wildman–Crippen LogP) is 4.57. The van der Waals surface area contributed by atoms with Gasteiger partial charge in [0.25, 0.3) is 11.8 Å². The number of anilines is 1. The van der Waals surface area contributed by atoms with E-state index >= 15 is 0 Å². The molecule has 0 aliphatic carbocycles. The SMILES string of the molecule is CCNC(=O)c1nnc(-c2cc(C(C)C)c(O)cc2O)n1-c1ccc(CN2CCN(C(=O)Cc3ccccc3OC(=O)N3CCN(CCCOc4ccc5c(c4OC)N=C(NC(=O)c4cnc(N)nc4)N4CCN=C54)CC3)CC2)cc1. The minimum Gasteiger partial charge on any atom is -0.508 e. The summed E-state index contributed by atoms with van der Waals surface area (Å²) in [6.45, 7) is 13.5. The molecule has 2 saturated heterocycles. The molecule has 2 fully saturated rings. The largest absolute Gasteiger partial charge is 0.508 e. The number of carbonyl (C=O) groups is 4. The minimum atomic E-state index is -0.461. The normalized spacial score (nSPS) is 15.4. The number of piperazine rings is 2. The van der Waals surface area contributed by atoms with Crippen molar-refractivity contribution in [2.75, 3.05) is 98.0 Å². The van der Waals surface area contributed by atoms with Crippen molar-refractivity contribution in [1.82, 2.24) is 59.9 Å². The number of nitrogens with zero attached hydrogens (tertiary/aromatic N) is 12. The number of aromatic hydroxyl groups is 2. The predicted molar refractivity (Wildman–Crippen MR) is 300 cm³/mol. The summed E-state index contributed by atoms with van der Waals surface area (Å²) in [5.41, 5.74) is 10.3. The number of aromatic nitrogens is 5. The number of amides is 4. The van der Waals surface area contributed by atoms with E-state index in [0.29, 0.717) is 149 Å². The van der Waals surface area contributed by atoms with Crippen LogP contribution in [0.25, 0.3) is 17.1 Å². The molecule has 0 bridgehead atoms. The smallest absolute Gasteiger partial charge is 0.415 e. The average molecular weight is 1100 g/mol. The first-order valence-electron chi connectivity index (χ1n) is 27.1. The Bertz CT molecular complexity index is 3370. The number of benzene rings is 4. The highest BCUT2D eigenvalue weighted by molar-refractivity contribution is 6.20. The van der Waals surface area contributed by atoms with Gasteiger partial charge in [0.2, 0.25) is 23.6 Å². The van der Waals surface area contributed by atoms with Crippen LogP contribution in [0.1, 0.15) is 76.3 Å². The number of guanidine groups is 1. The topological polar surface area (TPSA) is 284 Å². The highest BCUT2D eigenvalue weighted by Gasteiger charge is 2.34. The lowest BCUT2D eigenvalue weighted by Crippen LogP contribution is -2.50. The van der Waals surface area contributed by atoms with Crippen molar-refractivity contribution in [3.8, 4) is 45.8 Å². The molecule has 4 aromatic carbocycles. The number of nitrogen functional groups attached to an aromatic ring is 1. The van der Waals surface area contributed by atoms with Crippen LogP contribution in [-0.4, -0.2) is 187 Å². The number of fused-ring (bicyclic) bond motifs is 3. The summed E-state index contributed by atoms with van der Waals surface area (Å²) in [5, 5.41) is 35.6. The molecule has 6 heterocycles. The number of para-hydroxylation sites is 1. The highest BCUT2D eigenvalue weighted by atomic mass is 16.6. The number of nitrogens with two attached hydrogens (primary N) is 1. The maximum Gasteiger partial charge on any atom is 0.415 e. The third-order valence-electron chi connectivity index (χ3n) is 14.6. The van der Waals surface area contributed by atoms with E-state index in [1.165, 1.54) is 18.5 Å². The van der Waals surface area contributed by atoms with E-state index in [9.17, 15) is 29.4 Å². The van der Waals surface area contributed by atoms with Crippen molar-refractivity contribution in [3.05, 3.63) is 119 Å². The summed E-state index contributed by atoms with van der Waals surface area (Å²) in [6, 6.07) is 21.6. The fraction of sp³-hybridized carbons (Fsp3) is 0.368. The van der Waals surface area contributed by atoms with Crippen LogP contribution >= 0.6 is 0 Å². The molecule has 24 nitrogen and oxygen atoms in total. The molecule has 4 aliphatic rings. The van der Waals surface area contributed by atoms with Crippen LogP contribution in [0.3, 0.4) is 0 Å². The number of methoxy groups -OCH3 is 1. The van der Waals surface area contributed by atoms with Gasteiger partial charge in [0, 0.05) is 114 Å². The maximum atomic E-state index is 13.7. The van der Waals surface area contributed by atoms with Gasteiger partial charge in [0.05, 0.1) is 37.8 Å². The molecule has 0 radical (unpaired) electrons. The summed E-state index contributed by atoms with van der Waals surface area (Å²) in [5.74, 6) is 1.46. The Hall–Kier alpha value is -9.16. The first kappa shape index (κ1) is 55.2. The third kappa shape index (κ3) is 12.2. The van der Waals surface area contributed by atoms with E-state index in [2.05, 4.69) is 45.6 Å². The van der Waals surface area contributed by atoms with Crippen LogP contribution in [0.5, 0.6) is 28.7 Å². The number of nitrogens with one attached hydrogen (secondary N) is 2. The Morgan fingerprint density at radius 2 is 1.52 bits per heavy atom. The molecule has 6 aromatic rings. The van der Waals surface area contributed by atoms with Crippen molar-refractivity contribution in [1.29, 1.82) is 0 Å². The number of hydrogen-bond acceptors (Lipinski definition) is 19. The van der Waals surface area contributed by atoms with Gasteiger partial charge < -0.3 is 45.3 Å². The Kier molecular flexibility index (Phi) is 16.7. The molecular weight excluding hydrogens is 1040 g/mol. The Balaban J connectivity index is 0.679. The summed E-state index contributed by atoms with van der Waals surface area (Å²) < 4.78 is 19.6. The Morgan fingerprint density at radius 1 is 0.790 bits per heavy atom. The van der Waals surface area contributed by atoms with Gasteiger partial charge in [0.1, 0.15) is 28.8 Å². The number of phenols is 2. The molecule has 2 aromatic heterocycles. The quantitative estimate of drug-likeness (QED) is 0.0783. The molecule has 6 N–H and O–H groups in total. The number of ether oxygens (including phenoxy) is 3.